The van der Waals surface area contributed by atoms with Gasteiger partial charge in [0.25, 0.3) is 0 Å². The highest BCUT2D eigenvalue weighted by molar-refractivity contribution is 6.07. The summed E-state index contributed by atoms with van der Waals surface area (Å²) in [6.07, 6.45) is 0. The average Bonchev–Trinajstić information content (AvgIpc) is 2.37. The van der Waals surface area contributed by atoms with Gasteiger partial charge in [0.2, 0.25) is 0 Å². The van der Waals surface area contributed by atoms with E-state index in [0.29, 0.717) is 5.01 Å². The first kappa shape index (κ1) is 10.2. The van der Waals surface area contributed by atoms with Crippen molar-refractivity contribution in [2.45, 2.75) is 25.0 Å². The first-order chi connectivity index (χ1) is 7.34. The van der Waals surface area contributed by atoms with Gasteiger partial charge in [0.15, 0.2) is 5.54 Å². The molecule has 0 aromatic heterocycles. The molecule has 16 heavy (non-hydrogen) atoms. The molecule has 0 aliphatic carbocycles. The summed E-state index contributed by atoms with van der Waals surface area (Å²) in [5.74, 6) is -0.757. The lowest BCUT2D eigenvalue weighted by Gasteiger charge is -2.41. The molecule has 2 rings (SSSR count). The number of fused-ring (bicyclic) bond motifs is 1. The second-order valence-corrected chi connectivity index (χ2v) is 3.98. The van der Waals surface area contributed by atoms with Crippen molar-refractivity contribution in [1.29, 1.82) is 0 Å². The molecule has 2 heterocycles. The third-order valence-electron chi connectivity index (χ3n) is 3.00. The lowest BCUT2D eigenvalue weighted by molar-refractivity contribution is -0.137. The fourth-order valence-electron chi connectivity index (χ4n) is 1.82. The molecule has 8 nitrogen and oxygen atoms in total. The summed E-state index contributed by atoms with van der Waals surface area (Å²) in [7, 11) is 0. The predicted molar refractivity (Wildman–Crippen MR) is 50.5 cm³/mol. The maximum absolute atomic E-state index is 11.9. The van der Waals surface area contributed by atoms with Gasteiger partial charge in [0, 0.05) is 0 Å². The van der Waals surface area contributed by atoms with E-state index in [9.17, 15) is 14.4 Å². The predicted octanol–water partition coefficient (Wildman–Crippen LogP) is -0.840. The highest BCUT2D eigenvalue weighted by Crippen LogP contribution is 2.30. The number of carbonyl (C=O) groups excluding carboxylic acids is 3. The minimum absolute atomic E-state index is 0.370. The van der Waals surface area contributed by atoms with E-state index in [-0.39, 0.29) is 0 Å². The van der Waals surface area contributed by atoms with Crippen molar-refractivity contribution in [2.24, 2.45) is 0 Å². The third kappa shape index (κ3) is 0.942. The summed E-state index contributed by atoms with van der Waals surface area (Å²) in [6.45, 7) is 9.70. The molecule has 2 unspecified atom stereocenters. The molecule has 5 amide bonds. The molecule has 2 fully saturated rings. The van der Waals surface area contributed by atoms with E-state index in [1.807, 2.05) is 0 Å². The largest absolute Gasteiger partial charge is 0.394 e. The van der Waals surface area contributed by atoms with E-state index < -0.39 is 29.2 Å². The standard InChI is InChI=1S/C8H9N5O3/c1-7-4(14)13(9-3)6(16)12-8(7,2)11-5(15)10-7/h1-2H3,(H,12,16)(H2,10,11,15). The summed E-state index contributed by atoms with van der Waals surface area (Å²) >= 11 is 0. The van der Waals surface area contributed by atoms with E-state index in [1.54, 1.807) is 0 Å². The zero-order chi connectivity index (χ0) is 12.1. The number of imide groups is 1. The summed E-state index contributed by atoms with van der Waals surface area (Å²) in [6, 6.07) is -1.41. The first-order valence-electron chi connectivity index (χ1n) is 4.48. The highest BCUT2D eigenvalue weighted by atomic mass is 16.2. The van der Waals surface area contributed by atoms with Crippen molar-refractivity contribution < 1.29 is 14.4 Å². The quantitative estimate of drug-likeness (QED) is 0.467. The molecular formula is C8H9N5O3. The Bertz CT molecular complexity index is 455. The molecule has 2 aliphatic rings. The summed E-state index contributed by atoms with van der Waals surface area (Å²) in [4.78, 5) is 37.4. The Morgan fingerprint density at radius 1 is 1.19 bits per heavy atom. The molecule has 84 valence electrons. The molecule has 2 aliphatic heterocycles. The van der Waals surface area contributed by atoms with Crippen LogP contribution in [0.15, 0.2) is 0 Å². The van der Waals surface area contributed by atoms with Crippen LogP contribution >= 0.6 is 0 Å². The van der Waals surface area contributed by atoms with E-state index in [1.165, 1.54) is 13.8 Å². The summed E-state index contributed by atoms with van der Waals surface area (Å²) < 4.78 is 0. The Morgan fingerprint density at radius 3 is 2.38 bits per heavy atom. The second-order valence-electron chi connectivity index (χ2n) is 3.98. The van der Waals surface area contributed by atoms with Gasteiger partial charge in [-0.2, -0.15) is 6.57 Å². The van der Waals surface area contributed by atoms with Crippen molar-refractivity contribution in [3.05, 3.63) is 11.5 Å². The monoisotopic (exact) mass is 223 g/mol. The van der Waals surface area contributed by atoms with Gasteiger partial charge in [-0.25, -0.2) is 9.59 Å². The molecule has 8 heteroatoms. The van der Waals surface area contributed by atoms with Crippen LogP contribution in [0.5, 0.6) is 0 Å². The summed E-state index contributed by atoms with van der Waals surface area (Å²) in [5, 5.41) is 7.64. The SMILES string of the molecule is [C-]#[N+]N1C(=O)NC2(C)NC(=O)NC2(C)C1=O. The van der Waals surface area contributed by atoms with Crippen LogP contribution in [0.1, 0.15) is 13.8 Å². The van der Waals surface area contributed by atoms with Crippen molar-refractivity contribution in [2.75, 3.05) is 0 Å². The summed E-state index contributed by atoms with van der Waals surface area (Å²) in [5.41, 5.74) is -2.58. The molecule has 0 spiro atoms. The maximum atomic E-state index is 11.9. The number of rotatable bonds is 0. The van der Waals surface area contributed by atoms with Crippen molar-refractivity contribution in [3.63, 3.8) is 0 Å². The van der Waals surface area contributed by atoms with Crippen LogP contribution in [-0.4, -0.2) is 34.2 Å². The van der Waals surface area contributed by atoms with E-state index >= 15 is 0 Å². The highest BCUT2D eigenvalue weighted by Gasteiger charge is 2.66. The number of hydrogen-bond acceptors (Lipinski definition) is 3. The van der Waals surface area contributed by atoms with Crippen molar-refractivity contribution in [1.82, 2.24) is 21.0 Å². The maximum Gasteiger partial charge on any atom is 0.394 e. The van der Waals surface area contributed by atoms with Crippen LogP contribution in [0.4, 0.5) is 9.59 Å². The minimum atomic E-state index is -1.36. The van der Waals surface area contributed by atoms with E-state index in [4.69, 9.17) is 6.57 Å². The number of amides is 5. The van der Waals surface area contributed by atoms with Crippen LogP contribution in [0, 0.1) is 6.57 Å². The van der Waals surface area contributed by atoms with Crippen LogP contribution < -0.4 is 16.0 Å². The van der Waals surface area contributed by atoms with E-state index in [2.05, 4.69) is 20.9 Å². The van der Waals surface area contributed by atoms with Crippen LogP contribution in [0.2, 0.25) is 0 Å². The number of hydrogen-bond donors (Lipinski definition) is 3. The number of carbonyl (C=O) groups is 3. The van der Waals surface area contributed by atoms with Crippen LogP contribution in [-0.2, 0) is 4.79 Å². The van der Waals surface area contributed by atoms with Gasteiger partial charge in [-0.05, 0) is 13.8 Å². The number of nitrogens with one attached hydrogen (secondary N) is 3. The zero-order valence-corrected chi connectivity index (χ0v) is 8.62. The van der Waals surface area contributed by atoms with Gasteiger partial charge >= 0.3 is 18.0 Å². The first-order valence-corrected chi connectivity index (χ1v) is 4.48. The Kier molecular flexibility index (Phi) is 1.68. The van der Waals surface area contributed by atoms with Gasteiger partial charge in [-0.15, -0.1) is 4.95 Å². The lowest BCUT2D eigenvalue weighted by atomic mass is 9.86. The fourth-order valence-corrected chi connectivity index (χ4v) is 1.82. The normalized spacial score (nSPS) is 37.1. The second kappa shape index (κ2) is 2.63. The Morgan fingerprint density at radius 2 is 1.81 bits per heavy atom. The number of urea groups is 2. The van der Waals surface area contributed by atoms with Gasteiger partial charge in [0.1, 0.15) is 5.66 Å². The third-order valence-corrected chi connectivity index (χ3v) is 3.00. The van der Waals surface area contributed by atoms with Crippen molar-refractivity contribution >= 4 is 18.0 Å². The molecule has 2 saturated heterocycles. The fraction of sp³-hybridized carbons (Fsp3) is 0.500. The average molecular weight is 223 g/mol. The molecule has 3 N–H and O–H groups in total. The van der Waals surface area contributed by atoms with Gasteiger partial charge in [0.05, 0.1) is 5.01 Å². The Labute approximate surface area is 90.7 Å². The van der Waals surface area contributed by atoms with Crippen molar-refractivity contribution in [3.8, 4) is 0 Å². The van der Waals surface area contributed by atoms with E-state index in [0.717, 1.165) is 0 Å². The topological polar surface area (TPSA) is 94.9 Å². The molecule has 0 aromatic carbocycles. The lowest BCUT2D eigenvalue weighted by Crippen LogP contribution is -2.77. The molecule has 2 atom stereocenters. The molecular weight excluding hydrogens is 214 g/mol. The smallest absolute Gasteiger partial charge is 0.320 e. The van der Waals surface area contributed by atoms with Crippen LogP contribution in [0.3, 0.4) is 0 Å². The molecule has 0 saturated carbocycles. The Hall–Kier alpha value is -2.30. The molecule has 0 aromatic rings. The van der Waals surface area contributed by atoms with Gasteiger partial charge in [-0.1, -0.05) is 0 Å². The van der Waals surface area contributed by atoms with Gasteiger partial charge in [-0.3, -0.25) is 4.79 Å². The minimum Gasteiger partial charge on any atom is -0.320 e. The zero-order valence-electron chi connectivity index (χ0n) is 8.62. The van der Waals surface area contributed by atoms with Crippen LogP contribution in [0.25, 0.3) is 4.95 Å². The Balaban J connectivity index is 2.51. The number of nitrogens with zero attached hydrogens (tertiary/aromatic N) is 2. The van der Waals surface area contributed by atoms with Gasteiger partial charge < -0.3 is 16.0 Å². The molecule has 0 radical (unpaired) electrons. The molecule has 0 bridgehead atoms.